The number of rotatable bonds is 10. The highest BCUT2D eigenvalue weighted by molar-refractivity contribution is 5.93. The summed E-state index contributed by atoms with van der Waals surface area (Å²) in [5.74, 6) is 1.88. The van der Waals surface area contributed by atoms with Crippen LogP contribution in [0.1, 0.15) is 91.0 Å². The molecule has 2 aromatic carbocycles. The molecule has 0 bridgehead atoms. The summed E-state index contributed by atoms with van der Waals surface area (Å²) in [7, 11) is 0. The average Bonchev–Trinajstić information content (AvgIpc) is 2.86. The number of alkyl carbamates (subject to hydrolysis) is 1. The molecule has 0 aliphatic carbocycles. The quantitative estimate of drug-likeness (QED) is 0.332. The van der Waals surface area contributed by atoms with Gasteiger partial charge in [-0.05, 0) is 90.3 Å². The zero-order chi connectivity index (χ0) is 31.0. The number of aromatic hydroxyl groups is 1. The van der Waals surface area contributed by atoms with Crippen molar-refractivity contribution in [2.75, 3.05) is 0 Å². The molecule has 0 radical (unpaired) electrons. The Labute approximate surface area is 244 Å². The summed E-state index contributed by atoms with van der Waals surface area (Å²) < 4.78 is 5.48. The molecule has 3 atom stereocenters. The number of carbonyl (C=O) groups excluding carboxylic acids is 3. The molecule has 0 spiro atoms. The van der Waals surface area contributed by atoms with Gasteiger partial charge in [0.1, 0.15) is 23.4 Å². The van der Waals surface area contributed by atoms with Crippen molar-refractivity contribution < 1.29 is 24.2 Å². The number of nitrogens with zero attached hydrogens (tertiary/aromatic N) is 1. The van der Waals surface area contributed by atoms with Gasteiger partial charge in [0.2, 0.25) is 11.8 Å². The van der Waals surface area contributed by atoms with E-state index in [0.29, 0.717) is 16.7 Å². The first kappa shape index (κ1) is 33.2. The van der Waals surface area contributed by atoms with Crippen molar-refractivity contribution in [3.8, 4) is 18.1 Å². The summed E-state index contributed by atoms with van der Waals surface area (Å²) in [6, 6.07) is 11.2. The van der Waals surface area contributed by atoms with Crippen LogP contribution in [0.15, 0.2) is 48.5 Å². The molecule has 0 aromatic heterocycles. The van der Waals surface area contributed by atoms with Gasteiger partial charge in [-0.25, -0.2) is 4.79 Å². The van der Waals surface area contributed by atoms with Gasteiger partial charge in [-0.2, -0.15) is 0 Å². The Morgan fingerprint density at radius 1 is 0.976 bits per heavy atom. The van der Waals surface area contributed by atoms with Crippen molar-refractivity contribution in [3.05, 3.63) is 65.2 Å². The molecule has 3 unspecified atom stereocenters. The van der Waals surface area contributed by atoms with Crippen LogP contribution in [0.4, 0.5) is 4.79 Å². The zero-order valence-electron chi connectivity index (χ0n) is 25.6. The minimum Gasteiger partial charge on any atom is -0.508 e. The Hall–Kier alpha value is -3.99. The molecule has 2 rings (SSSR count). The molecule has 2 aromatic rings. The van der Waals surface area contributed by atoms with Crippen molar-refractivity contribution >= 4 is 17.9 Å². The molecule has 222 valence electrons. The Morgan fingerprint density at radius 2 is 1.56 bits per heavy atom. The van der Waals surface area contributed by atoms with E-state index in [1.807, 2.05) is 34.6 Å². The van der Waals surface area contributed by atoms with Crippen LogP contribution in [0.5, 0.6) is 5.75 Å². The van der Waals surface area contributed by atoms with E-state index in [-0.39, 0.29) is 24.1 Å². The van der Waals surface area contributed by atoms with Crippen LogP contribution in [0.25, 0.3) is 0 Å². The number of ether oxygens (including phenoxy) is 1. The predicted octanol–water partition coefficient (Wildman–Crippen LogP) is 5.48. The second kappa shape index (κ2) is 14.1. The molecular weight excluding hydrogens is 518 g/mol. The van der Waals surface area contributed by atoms with Gasteiger partial charge in [0.25, 0.3) is 0 Å². The maximum absolute atomic E-state index is 14.5. The number of terminal acetylenes is 1. The molecule has 0 heterocycles. The summed E-state index contributed by atoms with van der Waals surface area (Å²) in [4.78, 5) is 42.9. The Morgan fingerprint density at radius 3 is 2.05 bits per heavy atom. The molecule has 0 saturated carbocycles. The number of phenolic OH excluding ortho intramolecular Hbond substituents is 1. The molecule has 0 saturated heterocycles. The molecule has 0 aliphatic heterocycles. The minimum atomic E-state index is -1.07. The van der Waals surface area contributed by atoms with E-state index < -0.39 is 35.2 Å². The highest BCUT2D eigenvalue weighted by Gasteiger charge is 2.42. The van der Waals surface area contributed by atoms with Crippen molar-refractivity contribution in [2.45, 2.75) is 104 Å². The monoisotopic (exact) mass is 563 g/mol. The minimum absolute atomic E-state index is 0.0846. The Kier molecular flexibility index (Phi) is 11.4. The van der Waals surface area contributed by atoms with Gasteiger partial charge in [0.05, 0.1) is 0 Å². The fraction of sp³-hybridized carbons (Fsp3) is 0.485. The Balaban J connectivity index is 2.63. The zero-order valence-corrected chi connectivity index (χ0v) is 25.6. The van der Waals surface area contributed by atoms with E-state index in [4.69, 9.17) is 11.2 Å². The van der Waals surface area contributed by atoms with Gasteiger partial charge in [-0.1, -0.05) is 43.5 Å². The van der Waals surface area contributed by atoms with Gasteiger partial charge in [-0.15, -0.1) is 6.42 Å². The largest absolute Gasteiger partial charge is 0.508 e. The third-order valence-corrected chi connectivity index (χ3v) is 6.34. The summed E-state index contributed by atoms with van der Waals surface area (Å²) in [5, 5.41) is 15.6. The summed E-state index contributed by atoms with van der Waals surface area (Å²) in [5.41, 5.74) is 0.339. The van der Waals surface area contributed by atoms with Crippen LogP contribution in [0.3, 0.4) is 0 Å². The first-order valence-electron chi connectivity index (χ1n) is 14.0. The first-order valence-corrected chi connectivity index (χ1v) is 14.0. The molecule has 8 heteroatoms. The normalized spacial score (nSPS) is 13.7. The molecule has 41 heavy (non-hydrogen) atoms. The SMILES string of the molecule is C#Cc1ccc(C(C(=O)NC(C)CCC)N(C(=O)C(Cc2ccc(O)cc2)NC(=O)OC(C)(C)C)C(C)(C)C)cc1. The topological polar surface area (TPSA) is 108 Å². The summed E-state index contributed by atoms with van der Waals surface area (Å²) >= 11 is 0. The number of phenols is 1. The van der Waals surface area contributed by atoms with Crippen LogP contribution < -0.4 is 10.6 Å². The van der Waals surface area contributed by atoms with Gasteiger partial charge < -0.3 is 25.4 Å². The van der Waals surface area contributed by atoms with E-state index in [2.05, 4.69) is 16.6 Å². The van der Waals surface area contributed by atoms with E-state index in [1.54, 1.807) is 57.2 Å². The van der Waals surface area contributed by atoms with E-state index in [9.17, 15) is 19.5 Å². The summed E-state index contributed by atoms with van der Waals surface area (Å²) in [6.45, 7) is 14.7. The number of nitrogens with one attached hydrogen (secondary N) is 2. The molecule has 3 N–H and O–H groups in total. The Bertz CT molecular complexity index is 1220. The standard InChI is InChI=1S/C33H45N3O5/c1-10-12-22(3)34-29(38)28(25-17-13-23(11-2)14-18-25)36(32(4,5)6)30(39)27(35-31(40)41-33(7,8)9)21-24-15-19-26(37)20-16-24/h2,13-20,22,27-28,37H,10,12,21H2,1,3-9H3,(H,34,38)(H,35,40). The molecular formula is C33H45N3O5. The van der Waals surface area contributed by atoms with E-state index in [0.717, 1.165) is 12.8 Å². The van der Waals surface area contributed by atoms with Crippen LogP contribution in [0.2, 0.25) is 0 Å². The molecule has 3 amide bonds. The highest BCUT2D eigenvalue weighted by Crippen LogP contribution is 2.31. The number of carbonyl (C=O) groups is 3. The van der Waals surface area contributed by atoms with Crippen molar-refractivity contribution in [2.24, 2.45) is 0 Å². The third kappa shape index (κ3) is 10.2. The number of hydrogen-bond donors (Lipinski definition) is 3. The van der Waals surface area contributed by atoms with E-state index in [1.165, 1.54) is 17.0 Å². The number of hydrogen-bond acceptors (Lipinski definition) is 5. The van der Waals surface area contributed by atoms with Gasteiger partial charge in [0, 0.05) is 23.6 Å². The lowest BCUT2D eigenvalue weighted by molar-refractivity contribution is -0.148. The fourth-order valence-electron chi connectivity index (χ4n) is 4.54. The molecule has 8 nitrogen and oxygen atoms in total. The second-order valence-electron chi connectivity index (χ2n) is 12.3. The van der Waals surface area contributed by atoms with Crippen LogP contribution in [0, 0.1) is 12.3 Å². The molecule has 0 aliphatic rings. The number of benzene rings is 2. The van der Waals surface area contributed by atoms with Crippen LogP contribution in [-0.4, -0.2) is 51.1 Å². The van der Waals surface area contributed by atoms with Crippen molar-refractivity contribution in [3.63, 3.8) is 0 Å². The van der Waals surface area contributed by atoms with Crippen LogP contribution >= 0.6 is 0 Å². The van der Waals surface area contributed by atoms with Crippen LogP contribution in [-0.2, 0) is 20.7 Å². The van der Waals surface area contributed by atoms with Gasteiger partial charge >= 0.3 is 6.09 Å². The first-order chi connectivity index (χ1) is 19.1. The summed E-state index contributed by atoms with van der Waals surface area (Å²) in [6.07, 6.45) is 6.59. The predicted molar refractivity (Wildman–Crippen MR) is 161 cm³/mol. The highest BCUT2D eigenvalue weighted by atomic mass is 16.6. The fourth-order valence-corrected chi connectivity index (χ4v) is 4.54. The van der Waals surface area contributed by atoms with E-state index >= 15 is 0 Å². The van der Waals surface area contributed by atoms with Gasteiger partial charge in [0.15, 0.2) is 0 Å². The maximum atomic E-state index is 14.5. The third-order valence-electron chi connectivity index (χ3n) is 6.34. The lowest BCUT2D eigenvalue weighted by Gasteiger charge is -2.43. The van der Waals surface area contributed by atoms with Crippen molar-refractivity contribution in [1.29, 1.82) is 0 Å². The second-order valence-corrected chi connectivity index (χ2v) is 12.3. The van der Waals surface area contributed by atoms with Crippen molar-refractivity contribution in [1.82, 2.24) is 15.5 Å². The number of amides is 3. The maximum Gasteiger partial charge on any atom is 0.408 e. The lowest BCUT2D eigenvalue weighted by atomic mass is 9.93. The average molecular weight is 564 g/mol. The lowest BCUT2D eigenvalue weighted by Crippen LogP contribution is -2.59. The smallest absolute Gasteiger partial charge is 0.408 e. The molecule has 0 fully saturated rings. The van der Waals surface area contributed by atoms with Gasteiger partial charge in [-0.3, -0.25) is 9.59 Å².